The van der Waals surface area contributed by atoms with Gasteiger partial charge in [0.05, 0.1) is 0 Å². The molecular formula is C7H5F6NO. The summed E-state index contributed by atoms with van der Waals surface area (Å²) in [5.41, 5.74) is 4.64. The number of hydrogen-bond acceptors (Lipinski definition) is 2. The summed E-state index contributed by atoms with van der Waals surface area (Å²) in [6, 6.07) is -1.59. The molecule has 0 aliphatic rings. The molecule has 1 rings (SSSR count). The fourth-order valence-corrected chi connectivity index (χ4v) is 0.834. The van der Waals surface area contributed by atoms with Gasteiger partial charge in [0.15, 0.2) is 6.04 Å². The van der Waals surface area contributed by atoms with Gasteiger partial charge in [-0.3, -0.25) is 0 Å². The molecule has 1 unspecified atom stereocenters. The molecule has 86 valence electrons. The summed E-state index contributed by atoms with van der Waals surface area (Å²) < 4.78 is 75.7. The zero-order valence-corrected chi connectivity index (χ0v) is 6.99. The molecule has 0 radical (unpaired) electrons. The van der Waals surface area contributed by atoms with Gasteiger partial charge in [-0.05, 0) is 12.1 Å². The van der Waals surface area contributed by atoms with Crippen molar-refractivity contribution in [2.75, 3.05) is 0 Å². The van der Waals surface area contributed by atoms with Gasteiger partial charge in [-0.15, -0.1) is 0 Å². The van der Waals surface area contributed by atoms with Crippen LogP contribution in [0, 0.1) is 0 Å². The normalized spacial score (nSPS) is 15.4. The van der Waals surface area contributed by atoms with Crippen LogP contribution in [0.15, 0.2) is 16.5 Å². The molecule has 0 bridgehead atoms. The first-order valence-corrected chi connectivity index (χ1v) is 3.61. The highest BCUT2D eigenvalue weighted by atomic mass is 19.4. The topological polar surface area (TPSA) is 39.2 Å². The lowest BCUT2D eigenvalue weighted by Crippen LogP contribution is -2.27. The van der Waals surface area contributed by atoms with E-state index in [-0.39, 0.29) is 0 Å². The summed E-state index contributed by atoms with van der Waals surface area (Å²) in [6.07, 6.45) is -9.65. The van der Waals surface area contributed by atoms with Crippen molar-refractivity contribution in [2.24, 2.45) is 5.73 Å². The molecule has 0 saturated heterocycles. The summed E-state index contributed by atoms with van der Waals surface area (Å²) >= 11 is 0. The summed E-state index contributed by atoms with van der Waals surface area (Å²) in [7, 11) is 0. The van der Waals surface area contributed by atoms with Gasteiger partial charge in [-0.25, -0.2) is 0 Å². The first-order chi connectivity index (χ1) is 6.62. The minimum absolute atomic E-state index is 0.404. The van der Waals surface area contributed by atoms with Gasteiger partial charge in [0, 0.05) is 0 Å². The van der Waals surface area contributed by atoms with Crippen molar-refractivity contribution in [3.8, 4) is 0 Å². The number of hydrogen-bond donors (Lipinski definition) is 1. The van der Waals surface area contributed by atoms with Crippen LogP contribution in [0.3, 0.4) is 0 Å². The summed E-state index contributed by atoms with van der Waals surface area (Å²) in [4.78, 5) is 0. The molecular weight excluding hydrogens is 228 g/mol. The fourth-order valence-electron chi connectivity index (χ4n) is 0.834. The maximum Gasteiger partial charge on any atom is 0.449 e. The van der Waals surface area contributed by atoms with Crippen LogP contribution < -0.4 is 5.73 Å². The van der Waals surface area contributed by atoms with Crippen LogP contribution in [0.5, 0.6) is 0 Å². The molecule has 15 heavy (non-hydrogen) atoms. The van der Waals surface area contributed by atoms with Crippen LogP contribution >= 0.6 is 0 Å². The van der Waals surface area contributed by atoms with Crippen molar-refractivity contribution in [2.45, 2.75) is 18.4 Å². The highest BCUT2D eigenvalue weighted by Gasteiger charge is 2.42. The van der Waals surface area contributed by atoms with Crippen molar-refractivity contribution < 1.29 is 30.8 Å². The molecule has 0 saturated carbocycles. The number of rotatable bonds is 1. The van der Waals surface area contributed by atoms with E-state index in [0.29, 0.717) is 12.1 Å². The van der Waals surface area contributed by atoms with E-state index in [9.17, 15) is 26.3 Å². The fraction of sp³-hybridized carbons (Fsp3) is 0.429. The Bertz CT molecular complexity index is 338. The summed E-state index contributed by atoms with van der Waals surface area (Å²) in [5, 5.41) is 0. The first kappa shape index (κ1) is 11.9. The third kappa shape index (κ3) is 2.65. The third-order valence-corrected chi connectivity index (χ3v) is 1.57. The molecule has 0 spiro atoms. The van der Waals surface area contributed by atoms with Crippen LogP contribution in [0.25, 0.3) is 0 Å². The van der Waals surface area contributed by atoms with Crippen LogP contribution in [-0.4, -0.2) is 6.18 Å². The van der Waals surface area contributed by atoms with Crippen LogP contribution in [-0.2, 0) is 6.18 Å². The van der Waals surface area contributed by atoms with Crippen LogP contribution in [0.2, 0.25) is 0 Å². The van der Waals surface area contributed by atoms with Crippen LogP contribution in [0.1, 0.15) is 17.6 Å². The van der Waals surface area contributed by atoms with E-state index in [2.05, 4.69) is 10.2 Å². The van der Waals surface area contributed by atoms with Gasteiger partial charge >= 0.3 is 12.4 Å². The van der Waals surface area contributed by atoms with Crippen molar-refractivity contribution in [1.29, 1.82) is 0 Å². The maximum absolute atomic E-state index is 12.0. The Morgan fingerprint density at radius 3 is 1.93 bits per heavy atom. The third-order valence-electron chi connectivity index (χ3n) is 1.57. The standard InChI is InChI=1S/C7H5F6NO/c8-6(9,10)4-2-1-3(15-4)5(14)7(11,12)13/h1-2,5H,14H2. The Morgan fingerprint density at radius 1 is 1.07 bits per heavy atom. The second kappa shape index (κ2) is 3.44. The zero-order valence-electron chi connectivity index (χ0n) is 6.99. The van der Waals surface area contributed by atoms with Crippen molar-refractivity contribution in [3.63, 3.8) is 0 Å². The van der Waals surface area contributed by atoms with Crippen LogP contribution in [0.4, 0.5) is 26.3 Å². The van der Waals surface area contributed by atoms with E-state index in [1.54, 1.807) is 0 Å². The molecule has 1 heterocycles. The zero-order chi connectivity index (χ0) is 11.9. The summed E-state index contributed by atoms with van der Waals surface area (Å²) in [6.45, 7) is 0. The quantitative estimate of drug-likeness (QED) is 0.757. The minimum Gasteiger partial charge on any atom is -0.454 e. The second-order valence-corrected chi connectivity index (χ2v) is 2.72. The average molecular weight is 233 g/mol. The molecule has 1 atom stereocenters. The van der Waals surface area contributed by atoms with E-state index in [4.69, 9.17) is 0 Å². The SMILES string of the molecule is NC(c1ccc(C(F)(F)F)o1)C(F)(F)F. The molecule has 8 heteroatoms. The predicted molar refractivity (Wildman–Crippen MR) is 36.7 cm³/mol. The highest BCUT2D eigenvalue weighted by molar-refractivity contribution is 5.13. The van der Waals surface area contributed by atoms with E-state index < -0.39 is 29.9 Å². The van der Waals surface area contributed by atoms with E-state index >= 15 is 0 Å². The second-order valence-electron chi connectivity index (χ2n) is 2.72. The minimum atomic E-state index is -4.83. The number of nitrogens with two attached hydrogens (primary N) is 1. The Balaban J connectivity index is 2.95. The summed E-state index contributed by atoms with van der Waals surface area (Å²) in [5.74, 6) is -2.47. The van der Waals surface area contributed by atoms with Gasteiger partial charge in [0.1, 0.15) is 5.76 Å². The molecule has 0 aliphatic carbocycles. The maximum atomic E-state index is 12.0. The van der Waals surface area contributed by atoms with Gasteiger partial charge < -0.3 is 10.2 Å². The number of furan rings is 1. The van der Waals surface area contributed by atoms with E-state index in [1.807, 2.05) is 0 Å². The smallest absolute Gasteiger partial charge is 0.449 e. The monoisotopic (exact) mass is 233 g/mol. The van der Waals surface area contributed by atoms with Gasteiger partial charge in [-0.1, -0.05) is 0 Å². The largest absolute Gasteiger partial charge is 0.454 e. The Hall–Kier alpha value is -1.18. The first-order valence-electron chi connectivity index (χ1n) is 3.61. The average Bonchev–Trinajstić information content (AvgIpc) is 2.47. The Labute approximate surface area is 79.7 Å². The van der Waals surface area contributed by atoms with Gasteiger partial charge in [-0.2, -0.15) is 26.3 Å². The van der Waals surface area contributed by atoms with Crippen molar-refractivity contribution >= 4 is 0 Å². The molecule has 2 N–H and O–H groups in total. The van der Waals surface area contributed by atoms with Crippen molar-refractivity contribution in [1.82, 2.24) is 0 Å². The van der Waals surface area contributed by atoms with Crippen molar-refractivity contribution in [3.05, 3.63) is 23.7 Å². The van der Waals surface area contributed by atoms with Gasteiger partial charge in [0.25, 0.3) is 0 Å². The molecule has 1 aromatic rings. The van der Waals surface area contributed by atoms with Gasteiger partial charge in [0.2, 0.25) is 5.76 Å². The highest BCUT2D eigenvalue weighted by Crippen LogP contribution is 2.35. The van der Waals surface area contributed by atoms with E-state index in [1.165, 1.54) is 0 Å². The Kier molecular flexibility index (Phi) is 2.73. The molecule has 2 nitrogen and oxygen atoms in total. The molecule has 1 aromatic heterocycles. The molecule has 0 aliphatic heterocycles. The van der Waals surface area contributed by atoms with E-state index in [0.717, 1.165) is 0 Å². The molecule has 0 amide bonds. The lowest BCUT2D eigenvalue weighted by Gasteiger charge is -2.12. The predicted octanol–water partition coefficient (Wildman–Crippen LogP) is 2.86. The Morgan fingerprint density at radius 2 is 1.60 bits per heavy atom. The number of alkyl halides is 6. The lowest BCUT2D eigenvalue weighted by atomic mass is 10.2. The number of halogens is 6. The molecule has 0 fully saturated rings. The molecule has 0 aromatic carbocycles. The lowest BCUT2D eigenvalue weighted by molar-refractivity contribution is -0.163.